The van der Waals surface area contributed by atoms with Crippen molar-refractivity contribution in [3.63, 3.8) is 0 Å². The Bertz CT molecular complexity index is 1700. The molecule has 0 aliphatic carbocycles. The molecule has 0 radical (unpaired) electrons. The standard InChI is InChI=1S/C29H29F3N6O4.CH2O2/c1-18-24(26(39)41-3)25(23-9-8-19(16-33)14-20(23)17-38(2)10-5-12-42-13-11-38)37-27(34-35-28(37)40)36(18)22-7-4-6-21(15-22)29(30,31)32;2-1-3/h4,6-9,14-15,25H,5,10-13,17H2,1-3H3;1H,(H,2,3)/t25-,38?;/m1./s1. The summed E-state index contributed by atoms with van der Waals surface area (Å²) in [4.78, 5) is 36.4. The number of H-pyrrole nitrogens is 1. The van der Waals surface area contributed by atoms with E-state index in [0.29, 0.717) is 35.4 Å². The predicted octanol–water partition coefficient (Wildman–Crippen LogP) is 2.38. The zero-order valence-electron chi connectivity index (χ0n) is 24.8. The number of likely N-dealkylation sites (N-methyl/N-ethyl adjacent to an activating group) is 1. The third kappa shape index (κ3) is 6.76. The number of ether oxygens (including phenoxy) is 2. The fourth-order valence-electron chi connectivity index (χ4n) is 5.77. The van der Waals surface area contributed by atoms with Crippen molar-refractivity contribution in [2.75, 3.05) is 45.4 Å². The minimum absolute atomic E-state index is 0.00774. The summed E-state index contributed by atoms with van der Waals surface area (Å²) in [5, 5.41) is 24.5. The fourth-order valence-corrected chi connectivity index (χ4v) is 5.77. The Labute approximate surface area is 256 Å². The lowest BCUT2D eigenvalue weighted by molar-refractivity contribution is -0.921. The molecule has 0 spiro atoms. The summed E-state index contributed by atoms with van der Waals surface area (Å²) in [5.41, 5.74) is 0.524. The molecule has 0 bridgehead atoms. The highest BCUT2D eigenvalue weighted by molar-refractivity contribution is 5.93. The molecule has 1 fully saturated rings. The van der Waals surface area contributed by atoms with Crippen LogP contribution in [-0.4, -0.2) is 72.1 Å². The van der Waals surface area contributed by atoms with E-state index in [0.717, 1.165) is 37.2 Å². The van der Waals surface area contributed by atoms with Gasteiger partial charge in [0.2, 0.25) is 5.95 Å². The van der Waals surface area contributed by atoms with Gasteiger partial charge in [0.25, 0.3) is 0 Å². The van der Waals surface area contributed by atoms with E-state index in [4.69, 9.17) is 19.4 Å². The SMILES string of the molecule is COC(=O)C1=C(C)N(c2cccc(C(F)(F)F)c2)c2n[nH]c(=O)n2[C@@H]1c1ccc(C#N)cc1C[N+]1(C)CCCOCC1.O=C[O-]. The van der Waals surface area contributed by atoms with E-state index in [1.54, 1.807) is 25.1 Å². The van der Waals surface area contributed by atoms with Gasteiger partial charge in [0.15, 0.2) is 0 Å². The molecule has 238 valence electrons. The molecule has 2 atom stereocenters. The van der Waals surface area contributed by atoms with E-state index in [1.165, 1.54) is 28.7 Å². The first-order chi connectivity index (χ1) is 21.4. The van der Waals surface area contributed by atoms with Gasteiger partial charge in [0.05, 0.1) is 56.7 Å². The maximum atomic E-state index is 13.6. The van der Waals surface area contributed by atoms with Crippen LogP contribution >= 0.6 is 0 Å². The Kier molecular flexibility index (Phi) is 9.79. The first-order valence-electron chi connectivity index (χ1n) is 13.8. The lowest BCUT2D eigenvalue weighted by atomic mass is 9.89. The second-order valence-corrected chi connectivity index (χ2v) is 10.8. The summed E-state index contributed by atoms with van der Waals surface area (Å²) in [7, 11) is 3.29. The number of hydrogen-bond donors (Lipinski definition) is 1. The van der Waals surface area contributed by atoms with E-state index in [1.807, 2.05) is 0 Å². The first kappa shape index (κ1) is 33.0. The molecule has 2 aliphatic heterocycles. The molecular formula is C30H31F3N6O6. The Morgan fingerprint density at radius 2 is 2.00 bits per heavy atom. The molecule has 3 heterocycles. The minimum Gasteiger partial charge on any atom is -0.554 e. The average Bonchev–Trinajstić information content (AvgIpc) is 3.24. The molecule has 1 saturated heterocycles. The number of anilines is 2. The van der Waals surface area contributed by atoms with Crippen LogP contribution < -0.4 is 15.7 Å². The highest BCUT2D eigenvalue weighted by Gasteiger charge is 2.41. The number of aromatic amines is 1. The zero-order chi connectivity index (χ0) is 32.9. The third-order valence-electron chi connectivity index (χ3n) is 7.86. The number of carbonyl (C=O) groups is 2. The van der Waals surface area contributed by atoms with Gasteiger partial charge in [-0.2, -0.15) is 18.4 Å². The molecule has 15 heteroatoms. The average molecular weight is 629 g/mol. The van der Waals surface area contributed by atoms with Gasteiger partial charge in [-0.3, -0.25) is 4.90 Å². The highest BCUT2D eigenvalue weighted by atomic mass is 19.4. The molecule has 45 heavy (non-hydrogen) atoms. The molecular weight excluding hydrogens is 597 g/mol. The van der Waals surface area contributed by atoms with Crippen molar-refractivity contribution >= 4 is 24.1 Å². The largest absolute Gasteiger partial charge is 0.554 e. The monoisotopic (exact) mass is 628 g/mol. The topological polar surface area (TPSA) is 153 Å². The molecule has 2 aromatic carbocycles. The summed E-state index contributed by atoms with van der Waals surface area (Å²) in [6, 6.07) is 10.8. The number of nitriles is 1. The number of alkyl halides is 3. The number of halogens is 3. The first-order valence-corrected chi connectivity index (χ1v) is 13.8. The van der Waals surface area contributed by atoms with E-state index in [9.17, 15) is 28.0 Å². The Morgan fingerprint density at radius 3 is 2.67 bits per heavy atom. The van der Waals surface area contributed by atoms with Crippen LogP contribution in [0.5, 0.6) is 0 Å². The number of hydrogen-bond acceptors (Lipinski definition) is 9. The van der Waals surface area contributed by atoms with Gasteiger partial charge in [0, 0.05) is 29.8 Å². The van der Waals surface area contributed by atoms with Gasteiger partial charge < -0.3 is 23.9 Å². The second-order valence-electron chi connectivity index (χ2n) is 10.8. The van der Waals surface area contributed by atoms with Crippen molar-refractivity contribution in [1.29, 1.82) is 5.26 Å². The summed E-state index contributed by atoms with van der Waals surface area (Å²) in [6.07, 6.45) is -3.77. The summed E-state index contributed by atoms with van der Waals surface area (Å²) in [6.45, 7) is 4.31. The number of rotatable bonds is 5. The molecule has 1 aromatic heterocycles. The maximum absolute atomic E-state index is 13.6. The molecule has 12 nitrogen and oxygen atoms in total. The Hall–Kier alpha value is -4.94. The molecule has 1 N–H and O–H groups in total. The van der Waals surface area contributed by atoms with Crippen molar-refractivity contribution in [3.8, 4) is 6.07 Å². The van der Waals surface area contributed by atoms with Crippen LogP contribution in [0.1, 0.15) is 41.6 Å². The number of aromatic nitrogens is 3. The van der Waals surface area contributed by atoms with Crippen molar-refractivity contribution < 1.29 is 41.8 Å². The molecule has 3 aromatic rings. The zero-order valence-corrected chi connectivity index (χ0v) is 24.8. The number of allylic oxidation sites excluding steroid dienone is 1. The van der Waals surface area contributed by atoms with Crippen LogP contribution in [0, 0.1) is 11.3 Å². The van der Waals surface area contributed by atoms with Crippen LogP contribution in [-0.2, 0) is 31.8 Å². The van der Waals surface area contributed by atoms with Gasteiger partial charge in [-0.1, -0.05) is 12.1 Å². The number of nitrogens with zero attached hydrogens (tertiary/aromatic N) is 5. The molecule has 0 amide bonds. The summed E-state index contributed by atoms with van der Waals surface area (Å²) >= 11 is 0. The van der Waals surface area contributed by atoms with Crippen LogP contribution in [0.25, 0.3) is 0 Å². The van der Waals surface area contributed by atoms with Crippen molar-refractivity contribution in [2.45, 2.75) is 32.1 Å². The van der Waals surface area contributed by atoms with Gasteiger partial charge in [0.1, 0.15) is 19.1 Å². The lowest BCUT2D eigenvalue weighted by Gasteiger charge is -2.37. The van der Waals surface area contributed by atoms with Gasteiger partial charge in [-0.15, -0.1) is 5.10 Å². The van der Waals surface area contributed by atoms with Gasteiger partial charge in [-0.05, 0) is 42.8 Å². The smallest absolute Gasteiger partial charge is 0.416 e. The van der Waals surface area contributed by atoms with Gasteiger partial charge >= 0.3 is 17.8 Å². The normalized spacial score (nSPS) is 19.8. The van der Waals surface area contributed by atoms with Crippen LogP contribution in [0.3, 0.4) is 0 Å². The van der Waals surface area contributed by atoms with E-state index in [-0.39, 0.29) is 22.9 Å². The number of benzene rings is 2. The van der Waals surface area contributed by atoms with Crippen molar-refractivity contribution in [2.24, 2.45) is 0 Å². The van der Waals surface area contributed by atoms with E-state index in [2.05, 4.69) is 23.3 Å². The minimum atomic E-state index is -4.61. The number of nitrogens with one attached hydrogen (secondary N) is 1. The van der Waals surface area contributed by atoms with Crippen LogP contribution in [0.15, 0.2) is 58.5 Å². The number of methoxy groups -OCH3 is 1. The van der Waals surface area contributed by atoms with Crippen molar-refractivity contribution in [3.05, 3.63) is 86.5 Å². The van der Waals surface area contributed by atoms with Crippen LogP contribution in [0.4, 0.5) is 24.8 Å². The number of esters is 1. The Morgan fingerprint density at radius 1 is 1.27 bits per heavy atom. The number of quaternary nitrogens is 1. The molecule has 5 rings (SSSR count). The molecule has 0 saturated carbocycles. The summed E-state index contributed by atoms with van der Waals surface area (Å²) < 4.78 is 53.5. The number of fused-ring (bicyclic) bond motifs is 1. The fraction of sp³-hybridized carbons (Fsp3) is 0.367. The predicted molar refractivity (Wildman–Crippen MR) is 152 cm³/mol. The Balaban J connectivity index is 0.00000148. The lowest BCUT2D eigenvalue weighted by Crippen LogP contribution is -2.45. The van der Waals surface area contributed by atoms with Crippen LogP contribution in [0.2, 0.25) is 0 Å². The van der Waals surface area contributed by atoms with Gasteiger partial charge in [-0.25, -0.2) is 19.3 Å². The summed E-state index contributed by atoms with van der Waals surface area (Å²) in [5.74, 6) is -0.750. The molecule has 2 aliphatic rings. The third-order valence-corrected chi connectivity index (χ3v) is 7.86. The van der Waals surface area contributed by atoms with Crippen molar-refractivity contribution in [1.82, 2.24) is 14.8 Å². The van der Waals surface area contributed by atoms with E-state index >= 15 is 0 Å². The molecule has 1 unspecified atom stereocenters. The number of carboxylic acid groups (broad SMARTS) is 1. The maximum Gasteiger partial charge on any atom is 0.416 e. The van der Waals surface area contributed by atoms with E-state index < -0.39 is 35.9 Å². The number of carbonyl (C=O) groups excluding carboxylic acids is 2. The second kappa shape index (κ2) is 13.4. The quantitative estimate of drug-likeness (QED) is 0.255. The highest BCUT2D eigenvalue weighted by Crippen LogP contribution is 2.44.